The van der Waals surface area contributed by atoms with Crippen molar-refractivity contribution in [2.75, 3.05) is 11.9 Å². The van der Waals surface area contributed by atoms with E-state index in [-0.39, 0.29) is 24.4 Å². The summed E-state index contributed by atoms with van der Waals surface area (Å²) in [7, 11) is 0. The van der Waals surface area contributed by atoms with E-state index in [1.54, 1.807) is 18.2 Å². The first kappa shape index (κ1) is 19.8. The van der Waals surface area contributed by atoms with Crippen LogP contribution in [0.25, 0.3) is 11.4 Å². The molecule has 0 aliphatic carbocycles. The molecule has 2 amide bonds. The summed E-state index contributed by atoms with van der Waals surface area (Å²) in [6.07, 6.45) is 5.54. The van der Waals surface area contributed by atoms with Crippen LogP contribution in [0.4, 0.5) is 10.1 Å². The topological polar surface area (TPSA) is 102 Å². The van der Waals surface area contributed by atoms with E-state index in [0.717, 1.165) is 38.1 Å². The number of carbonyl (C=O) groups is 2. The Morgan fingerprint density at radius 2 is 2.07 bits per heavy atom. The number of benzene rings is 1. The van der Waals surface area contributed by atoms with Gasteiger partial charge in [0.15, 0.2) is 11.6 Å². The molecular formula is C21H22FN5O3. The van der Waals surface area contributed by atoms with Crippen molar-refractivity contribution in [2.45, 2.75) is 38.6 Å². The normalized spacial score (nSPS) is 13.4. The smallest absolute Gasteiger partial charge is 0.286 e. The second-order valence-corrected chi connectivity index (χ2v) is 7.13. The van der Waals surface area contributed by atoms with E-state index in [1.165, 1.54) is 18.4 Å². The summed E-state index contributed by atoms with van der Waals surface area (Å²) in [6.45, 7) is 0.927. The van der Waals surface area contributed by atoms with Gasteiger partial charge in [0.25, 0.3) is 5.91 Å². The van der Waals surface area contributed by atoms with E-state index in [4.69, 9.17) is 4.42 Å². The van der Waals surface area contributed by atoms with Gasteiger partial charge in [-0.1, -0.05) is 6.42 Å². The molecule has 0 spiro atoms. The van der Waals surface area contributed by atoms with Crippen LogP contribution in [0.15, 0.2) is 41.0 Å². The predicted octanol–water partition coefficient (Wildman–Crippen LogP) is 3.16. The lowest BCUT2D eigenvalue weighted by molar-refractivity contribution is -0.116. The third kappa shape index (κ3) is 4.40. The molecule has 0 saturated heterocycles. The summed E-state index contributed by atoms with van der Waals surface area (Å²) in [5.74, 6) is 0.418. The van der Waals surface area contributed by atoms with E-state index in [1.807, 2.05) is 0 Å². The molecule has 3 aromatic rings. The van der Waals surface area contributed by atoms with Crippen molar-refractivity contribution >= 4 is 17.5 Å². The fourth-order valence-electron chi connectivity index (χ4n) is 3.46. The summed E-state index contributed by atoms with van der Waals surface area (Å²) >= 11 is 0. The monoisotopic (exact) mass is 411 g/mol. The highest BCUT2D eigenvalue weighted by Gasteiger charge is 2.18. The van der Waals surface area contributed by atoms with Gasteiger partial charge in [-0.15, -0.1) is 10.2 Å². The molecule has 2 N–H and O–H groups in total. The molecule has 156 valence electrons. The van der Waals surface area contributed by atoms with Gasteiger partial charge in [0, 0.05) is 31.5 Å². The number of nitrogens with one attached hydrogen (secondary N) is 2. The molecule has 1 aromatic carbocycles. The number of halogens is 1. The van der Waals surface area contributed by atoms with Crippen LogP contribution < -0.4 is 10.6 Å². The highest BCUT2D eigenvalue weighted by molar-refractivity contribution is 5.93. The second kappa shape index (κ2) is 8.89. The van der Waals surface area contributed by atoms with Gasteiger partial charge in [-0.2, -0.15) is 0 Å². The van der Waals surface area contributed by atoms with Gasteiger partial charge in [-0.25, -0.2) is 4.39 Å². The van der Waals surface area contributed by atoms with Gasteiger partial charge in [-0.3, -0.25) is 9.59 Å². The molecule has 9 heteroatoms. The fourth-order valence-corrected chi connectivity index (χ4v) is 3.46. The van der Waals surface area contributed by atoms with E-state index >= 15 is 0 Å². The Bertz CT molecular complexity index is 1050. The lowest BCUT2D eigenvalue weighted by Gasteiger charge is -2.10. The summed E-state index contributed by atoms with van der Waals surface area (Å²) < 4.78 is 21.3. The van der Waals surface area contributed by atoms with Gasteiger partial charge in [-0.05, 0) is 43.2 Å². The summed E-state index contributed by atoms with van der Waals surface area (Å²) in [5, 5.41) is 13.7. The Morgan fingerprint density at radius 1 is 1.17 bits per heavy atom. The molecule has 4 rings (SSSR count). The largest absolute Gasteiger partial charge is 0.459 e. The molecular weight excluding hydrogens is 389 g/mol. The zero-order valence-electron chi connectivity index (χ0n) is 16.4. The maximum absolute atomic E-state index is 14.3. The first-order chi connectivity index (χ1) is 14.6. The van der Waals surface area contributed by atoms with Crippen LogP contribution in [0.3, 0.4) is 0 Å². The van der Waals surface area contributed by atoms with Crippen LogP contribution in [0.5, 0.6) is 0 Å². The lowest BCUT2D eigenvalue weighted by atomic mass is 10.1. The van der Waals surface area contributed by atoms with Gasteiger partial charge in [0.2, 0.25) is 5.91 Å². The molecule has 0 saturated carbocycles. The highest BCUT2D eigenvalue weighted by atomic mass is 19.1. The number of aromatic nitrogens is 3. The zero-order valence-corrected chi connectivity index (χ0v) is 16.4. The van der Waals surface area contributed by atoms with Crippen LogP contribution in [0.2, 0.25) is 0 Å². The van der Waals surface area contributed by atoms with Crippen molar-refractivity contribution in [3.05, 3.63) is 54.0 Å². The number of rotatable bonds is 6. The van der Waals surface area contributed by atoms with E-state index < -0.39 is 17.6 Å². The van der Waals surface area contributed by atoms with Crippen molar-refractivity contribution in [3.63, 3.8) is 0 Å². The SMILES string of the molecule is O=C(CCNC(=O)c1ccco1)Nc1cc(-c2nnc3n2CCCCC3)ccc1F. The van der Waals surface area contributed by atoms with E-state index in [0.29, 0.717) is 11.4 Å². The average molecular weight is 411 g/mol. The highest BCUT2D eigenvalue weighted by Crippen LogP contribution is 2.26. The minimum absolute atomic E-state index is 0.00352. The Balaban J connectivity index is 1.40. The van der Waals surface area contributed by atoms with Crippen molar-refractivity contribution in [1.82, 2.24) is 20.1 Å². The molecule has 0 radical (unpaired) electrons. The molecule has 0 fully saturated rings. The predicted molar refractivity (Wildman–Crippen MR) is 107 cm³/mol. The molecule has 1 aliphatic rings. The first-order valence-electron chi connectivity index (χ1n) is 9.95. The third-order valence-electron chi connectivity index (χ3n) is 4.99. The number of furan rings is 1. The minimum Gasteiger partial charge on any atom is -0.459 e. The summed E-state index contributed by atoms with van der Waals surface area (Å²) in [4.78, 5) is 24.0. The number of carbonyl (C=O) groups excluding carboxylic acids is 2. The van der Waals surface area contributed by atoms with Crippen molar-refractivity contribution in [2.24, 2.45) is 0 Å². The summed E-state index contributed by atoms with van der Waals surface area (Å²) in [5.41, 5.74) is 0.763. The van der Waals surface area contributed by atoms with E-state index in [9.17, 15) is 14.0 Å². The standard InChI is InChI=1S/C21H22FN5O3/c22-15-8-7-14(20-26-25-18-6-2-1-3-11-27(18)20)13-16(15)24-19(28)9-10-23-21(29)17-5-4-12-30-17/h4-5,7-8,12-13H,1-3,6,9-11H2,(H,23,29)(H,24,28). The van der Waals surface area contributed by atoms with Gasteiger partial charge in [0.1, 0.15) is 11.6 Å². The molecule has 8 nitrogen and oxygen atoms in total. The number of anilines is 1. The number of hydrogen-bond acceptors (Lipinski definition) is 5. The Labute approximate surface area is 172 Å². The van der Waals surface area contributed by atoms with Crippen LogP contribution in [0, 0.1) is 5.82 Å². The number of nitrogens with zero attached hydrogens (tertiary/aromatic N) is 3. The quantitative estimate of drug-likeness (QED) is 0.649. The molecule has 0 atom stereocenters. The van der Waals surface area contributed by atoms with Crippen molar-refractivity contribution in [3.8, 4) is 11.4 Å². The number of hydrogen-bond donors (Lipinski definition) is 2. The van der Waals surface area contributed by atoms with Crippen molar-refractivity contribution < 1.29 is 18.4 Å². The van der Waals surface area contributed by atoms with Crippen LogP contribution in [-0.4, -0.2) is 33.1 Å². The molecule has 30 heavy (non-hydrogen) atoms. The number of fused-ring (bicyclic) bond motifs is 1. The molecule has 2 aromatic heterocycles. The molecule has 0 bridgehead atoms. The molecule has 1 aliphatic heterocycles. The zero-order chi connectivity index (χ0) is 20.9. The Hall–Kier alpha value is -3.49. The maximum atomic E-state index is 14.3. The van der Waals surface area contributed by atoms with Crippen LogP contribution in [0.1, 0.15) is 42.1 Å². The Kier molecular flexibility index (Phi) is 5.87. The minimum atomic E-state index is -0.540. The van der Waals surface area contributed by atoms with E-state index in [2.05, 4.69) is 25.4 Å². The lowest BCUT2D eigenvalue weighted by Crippen LogP contribution is -2.27. The van der Waals surface area contributed by atoms with Crippen LogP contribution >= 0.6 is 0 Å². The first-order valence-corrected chi connectivity index (χ1v) is 9.95. The Morgan fingerprint density at radius 3 is 2.90 bits per heavy atom. The average Bonchev–Trinajstić information content (AvgIpc) is 3.35. The molecule has 0 unspecified atom stereocenters. The second-order valence-electron chi connectivity index (χ2n) is 7.13. The number of aryl methyl sites for hydroxylation is 1. The van der Waals surface area contributed by atoms with Gasteiger partial charge < -0.3 is 19.6 Å². The van der Waals surface area contributed by atoms with Crippen molar-refractivity contribution in [1.29, 1.82) is 0 Å². The maximum Gasteiger partial charge on any atom is 0.286 e. The molecule has 3 heterocycles. The van der Waals surface area contributed by atoms with Crippen LogP contribution in [-0.2, 0) is 17.8 Å². The number of amides is 2. The fraction of sp³-hybridized carbons (Fsp3) is 0.333. The summed E-state index contributed by atoms with van der Waals surface area (Å²) in [6, 6.07) is 7.64. The van der Waals surface area contributed by atoms with Gasteiger partial charge >= 0.3 is 0 Å². The van der Waals surface area contributed by atoms with Gasteiger partial charge in [0.05, 0.1) is 12.0 Å². The third-order valence-corrected chi connectivity index (χ3v) is 4.99.